The van der Waals surface area contributed by atoms with Crippen LogP contribution >= 0.6 is 23.4 Å². The summed E-state index contributed by atoms with van der Waals surface area (Å²) in [5, 5.41) is 4.11. The molecule has 0 bridgehead atoms. The van der Waals surface area contributed by atoms with E-state index >= 15 is 0 Å². The van der Waals surface area contributed by atoms with E-state index in [0.29, 0.717) is 22.4 Å². The summed E-state index contributed by atoms with van der Waals surface area (Å²) < 4.78 is 5.21. The van der Waals surface area contributed by atoms with Crippen molar-refractivity contribution in [2.75, 3.05) is 18.2 Å². The first-order chi connectivity index (χ1) is 11.0. The first kappa shape index (κ1) is 17.6. The summed E-state index contributed by atoms with van der Waals surface area (Å²) in [6.45, 7) is 4.13. The summed E-state index contributed by atoms with van der Waals surface area (Å²) >= 11 is 7.31. The molecule has 0 atom stereocenters. The fraction of sp³-hybridized carbons (Fsp3) is 0.312. The lowest BCUT2D eigenvalue weighted by atomic mass is 10.1. The second kappa shape index (κ2) is 8.17. The van der Waals surface area contributed by atoms with Gasteiger partial charge in [0.1, 0.15) is 17.1 Å². The lowest BCUT2D eigenvalue weighted by Crippen LogP contribution is -2.14. The minimum absolute atomic E-state index is 0.153. The highest BCUT2D eigenvalue weighted by Crippen LogP contribution is 2.28. The van der Waals surface area contributed by atoms with E-state index in [9.17, 15) is 4.79 Å². The van der Waals surface area contributed by atoms with Gasteiger partial charge in [0.15, 0.2) is 0 Å². The zero-order valence-electron chi connectivity index (χ0n) is 13.2. The fourth-order valence-corrected chi connectivity index (χ4v) is 2.70. The van der Waals surface area contributed by atoms with Gasteiger partial charge in [-0.3, -0.25) is 4.79 Å². The topological polar surface area (TPSA) is 64.1 Å². The Hall–Kier alpha value is -1.79. The number of carbonyl (C=O) groups excluding carboxylic acids is 1. The number of halogens is 1. The highest BCUT2D eigenvalue weighted by Gasteiger charge is 2.10. The van der Waals surface area contributed by atoms with E-state index in [1.54, 1.807) is 25.3 Å². The number of hydrogen-bond acceptors (Lipinski definition) is 5. The molecule has 0 saturated carbocycles. The highest BCUT2D eigenvalue weighted by molar-refractivity contribution is 7.99. The van der Waals surface area contributed by atoms with E-state index in [-0.39, 0.29) is 11.7 Å². The summed E-state index contributed by atoms with van der Waals surface area (Å²) in [6, 6.07) is 6.98. The van der Waals surface area contributed by atoms with Crippen LogP contribution in [0.1, 0.15) is 25.5 Å². The van der Waals surface area contributed by atoms with Crippen molar-refractivity contribution in [1.82, 2.24) is 9.97 Å². The van der Waals surface area contributed by atoms with Crippen LogP contribution in [-0.2, 0) is 4.79 Å². The number of ether oxygens (including phenoxy) is 1. The summed E-state index contributed by atoms with van der Waals surface area (Å²) in [4.78, 5) is 20.5. The van der Waals surface area contributed by atoms with Gasteiger partial charge in [0.2, 0.25) is 5.91 Å². The summed E-state index contributed by atoms with van der Waals surface area (Å²) in [5.41, 5.74) is 1.51. The van der Waals surface area contributed by atoms with Crippen molar-refractivity contribution in [1.29, 1.82) is 0 Å². The van der Waals surface area contributed by atoms with Crippen molar-refractivity contribution in [2.24, 2.45) is 0 Å². The molecule has 1 aromatic heterocycles. The van der Waals surface area contributed by atoms with Gasteiger partial charge in [0.05, 0.1) is 18.6 Å². The van der Waals surface area contributed by atoms with E-state index in [2.05, 4.69) is 29.1 Å². The first-order valence-electron chi connectivity index (χ1n) is 7.07. The number of benzene rings is 1. The second-order valence-corrected chi connectivity index (χ2v) is 6.55. The Kier molecular flexibility index (Phi) is 6.24. The minimum Gasteiger partial charge on any atom is -0.495 e. The highest BCUT2D eigenvalue weighted by atomic mass is 35.5. The smallest absolute Gasteiger partial charge is 0.234 e. The summed E-state index contributed by atoms with van der Waals surface area (Å²) in [5.74, 6) is 0.976. The Morgan fingerprint density at radius 2 is 2.13 bits per heavy atom. The predicted molar refractivity (Wildman–Crippen MR) is 93.5 cm³/mol. The number of hydrogen-bond donors (Lipinski definition) is 1. The van der Waals surface area contributed by atoms with E-state index in [0.717, 1.165) is 10.7 Å². The molecule has 0 unspecified atom stereocenters. The maximum atomic E-state index is 12.1. The predicted octanol–water partition coefficient (Wildman–Crippen LogP) is 3.99. The molecule has 0 saturated heterocycles. The molecule has 0 spiro atoms. The molecular formula is C16H18ClN3O2S. The van der Waals surface area contributed by atoms with Crippen LogP contribution in [0.2, 0.25) is 5.02 Å². The van der Waals surface area contributed by atoms with Crippen LogP contribution in [0.5, 0.6) is 5.75 Å². The van der Waals surface area contributed by atoms with Crippen LogP contribution in [0, 0.1) is 0 Å². The van der Waals surface area contributed by atoms with E-state index < -0.39 is 0 Å². The molecule has 122 valence electrons. The van der Waals surface area contributed by atoms with Gasteiger partial charge < -0.3 is 10.1 Å². The quantitative estimate of drug-likeness (QED) is 0.629. The van der Waals surface area contributed by atoms with Crippen molar-refractivity contribution in [3.8, 4) is 5.75 Å². The number of thioether (sulfide) groups is 1. The zero-order chi connectivity index (χ0) is 16.8. The first-order valence-corrected chi connectivity index (χ1v) is 8.44. The Morgan fingerprint density at radius 3 is 2.83 bits per heavy atom. The van der Waals surface area contributed by atoms with E-state index in [4.69, 9.17) is 16.3 Å². The third-order valence-electron chi connectivity index (χ3n) is 3.04. The normalized spacial score (nSPS) is 10.7. The van der Waals surface area contributed by atoms with Gasteiger partial charge in [-0.25, -0.2) is 9.97 Å². The number of nitrogens with one attached hydrogen (secondary N) is 1. The van der Waals surface area contributed by atoms with Crippen molar-refractivity contribution in [3.63, 3.8) is 0 Å². The van der Waals surface area contributed by atoms with Crippen molar-refractivity contribution >= 4 is 35.0 Å². The van der Waals surface area contributed by atoms with E-state index in [1.807, 2.05) is 6.07 Å². The second-order valence-electron chi connectivity index (χ2n) is 5.12. The van der Waals surface area contributed by atoms with Gasteiger partial charge in [-0.05, 0) is 30.2 Å². The molecule has 1 aromatic carbocycles. The molecule has 0 aliphatic carbocycles. The number of rotatable bonds is 6. The largest absolute Gasteiger partial charge is 0.495 e. The maximum absolute atomic E-state index is 12.1. The van der Waals surface area contributed by atoms with Crippen LogP contribution in [-0.4, -0.2) is 28.7 Å². The molecule has 0 radical (unpaired) electrons. The van der Waals surface area contributed by atoms with Gasteiger partial charge in [-0.2, -0.15) is 0 Å². The molecule has 0 aliphatic heterocycles. The lowest BCUT2D eigenvalue weighted by molar-refractivity contribution is -0.113. The zero-order valence-corrected chi connectivity index (χ0v) is 14.7. The SMILES string of the molecule is COc1ccc(Cl)cc1NC(=O)CSc1cc(C(C)C)ncn1. The molecule has 7 heteroatoms. The number of anilines is 1. The monoisotopic (exact) mass is 351 g/mol. The molecule has 0 aliphatic rings. The maximum Gasteiger partial charge on any atom is 0.234 e. The molecule has 1 amide bonds. The van der Waals surface area contributed by atoms with Gasteiger partial charge in [0, 0.05) is 10.7 Å². The Balaban J connectivity index is 1.98. The third kappa shape index (κ3) is 5.11. The Labute approximate surface area is 144 Å². The molecular weight excluding hydrogens is 334 g/mol. The number of nitrogens with zero attached hydrogens (tertiary/aromatic N) is 2. The van der Waals surface area contributed by atoms with Gasteiger partial charge in [0.25, 0.3) is 0 Å². The molecule has 0 fully saturated rings. The van der Waals surface area contributed by atoms with Gasteiger partial charge >= 0.3 is 0 Å². The van der Waals surface area contributed by atoms with Gasteiger partial charge in [-0.1, -0.05) is 37.2 Å². The van der Waals surface area contributed by atoms with E-state index in [1.165, 1.54) is 18.1 Å². The molecule has 5 nitrogen and oxygen atoms in total. The van der Waals surface area contributed by atoms with Gasteiger partial charge in [-0.15, -0.1) is 0 Å². The van der Waals surface area contributed by atoms with Crippen molar-refractivity contribution < 1.29 is 9.53 Å². The number of amides is 1. The average Bonchev–Trinajstić information content (AvgIpc) is 2.53. The van der Waals surface area contributed by atoms with Crippen molar-refractivity contribution in [2.45, 2.75) is 24.8 Å². The lowest BCUT2D eigenvalue weighted by Gasteiger charge is -2.10. The summed E-state index contributed by atoms with van der Waals surface area (Å²) in [7, 11) is 1.54. The van der Waals surface area contributed by atoms with Crippen LogP contribution in [0.3, 0.4) is 0 Å². The summed E-state index contributed by atoms with van der Waals surface area (Å²) in [6.07, 6.45) is 1.52. The molecule has 1 N–H and O–H groups in total. The standard InChI is InChI=1S/C16H18ClN3O2S/c1-10(2)12-7-16(19-9-18-12)23-8-15(21)20-13-6-11(17)4-5-14(13)22-3/h4-7,9-10H,8H2,1-3H3,(H,20,21). The van der Waals surface area contributed by atoms with Crippen LogP contribution < -0.4 is 10.1 Å². The average molecular weight is 352 g/mol. The minimum atomic E-state index is -0.153. The number of methoxy groups -OCH3 is 1. The van der Waals surface area contributed by atoms with Crippen LogP contribution in [0.15, 0.2) is 35.6 Å². The Morgan fingerprint density at radius 1 is 1.35 bits per heavy atom. The molecule has 1 heterocycles. The molecule has 23 heavy (non-hydrogen) atoms. The third-order valence-corrected chi connectivity index (χ3v) is 4.20. The van der Waals surface area contributed by atoms with Crippen LogP contribution in [0.25, 0.3) is 0 Å². The van der Waals surface area contributed by atoms with Crippen LogP contribution in [0.4, 0.5) is 5.69 Å². The number of aromatic nitrogens is 2. The fourth-order valence-electron chi connectivity index (χ4n) is 1.85. The molecule has 2 aromatic rings. The number of carbonyl (C=O) groups is 1. The molecule has 2 rings (SSSR count). The van der Waals surface area contributed by atoms with Crippen molar-refractivity contribution in [3.05, 3.63) is 41.3 Å². The Bertz CT molecular complexity index is 695.